The van der Waals surface area contributed by atoms with Crippen molar-refractivity contribution in [1.82, 2.24) is 23.2 Å². The highest BCUT2D eigenvalue weighted by atomic mass is 32.2. The Hall–Kier alpha value is -3.91. The molecule has 2 fully saturated rings. The monoisotopic (exact) mass is 1060 g/mol. The van der Waals surface area contributed by atoms with Crippen LogP contribution in [0.4, 0.5) is 0 Å². The van der Waals surface area contributed by atoms with Crippen molar-refractivity contribution in [3.8, 4) is 0 Å². The van der Waals surface area contributed by atoms with Crippen LogP contribution in [0.1, 0.15) is 58.2 Å². The second-order valence-corrected chi connectivity index (χ2v) is 26.2. The Balaban J connectivity index is 1.26. The summed E-state index contributed by atoms with van der Waals surface area (Å²) in [5.74, 6) is 0.102. The molecule has 1 N–H and O–H groups in total. The minimum atomic E-state index is -5.11. The van der Waals surface area contributed by atoms with Crippen LogP contribution in [0, 0.1) is 0 Å². The molecule has 0 bridgehead atoms. The number of hydrogen-bond donors (Lipinski definition) is 1. The molecule has 2 aromatic carbocycles. The lowest BCUT2D eigenvalue weighted by molar-refractivity contribution is -0.0672. The number of nitrogens with zero attached hydrogens (tertiary/aromatic N) is 5. The van der Waals surface area contributed by atoms with E-state index in [4.69, 9.17) is 54.1 Å². The van der Waals surface area contributed by atoms with Crippen molar-refractivity contribution in [2.24, 2.45) is 0 Å². The topological polar surface area (TPSA) is 212 Å². The van der Waals surface area contributed by atoms with Crippen LogP contribution in [-0.2, 0) is 73.1 Å². The van der Waals surface area contributed by atoms with E-state index in [1.165, 1.54) is 55.1 Å². The lowest BCUT2D eigenvalue weighted by Gasteiger charge is -2.40. The summed E-state index contributed by atoms with van der Waals surface area (Å²) < 4.78 is 74.0. The number of hydrogen-bond acceptors (Lipinski definition) is 16. The zero-order chi connectivity index (χ0) is 51.7. The Morgan fingerprint density at radius 3 is 1.66 bits per heavy atom. The first-order chi connectivity index (χ1) is 33.7. The molecule has 20 nitrogen and oxygen atoms in total. The molecule has 390 valence electrons. The van der Waals surface area contributed by atoms with Crippen molar-refractivity contribution >= 4 is 44.4 Å². The normalized spacial score (nSPS) is 23.5. The van der Waals surface area contributed by atoms with E-state index in [0.717, 1.165) is 24.8 Å². The molecule has 4 heterocycles. The van der Waals surface area contributed by atoms with Crippen molar-refractivity contribution in [3.05, 3.63) is 138 Å². The Bertz CT molecular complexity index is 2680. The zero-order valence-electron chi connectivity index (χ0n) is 41.5. The third-order valence-electron chi connectivity index (χ3n) is 12.8. The van der Waals surface area contributed by atoms with Gasteiger partial charge in [-0.3, -0.25) is 27.8 Å². The molecule has 0 spiro atoms. The first kappa shape index (κ1) is 56.4. The third-order valence-corrected chi connectivity index (χ3v) is 19.9. The van der Waals surface area contributed by atoms with E-state index in [2.05, 4.69) is 0 Å². The van der Waals surface area contributed by atoms with E-state index < -0.39 is 94.3 Å². The van der Waals surface area contributed by atoms with Crippen molar-refractivity contribution in [2.75, 3.05) is 39.7 Å². The number of thioether (sulfide) groups is 1. The summed E-state index contributed by atoms with van der Waals surface area (Å²) in [7, 11) is -5.02. The van der Waals surface area contributed by atoms with Crippen LogP contribution in [0.2, 0.25) is 18.1 Å². The van der Waals surface area contributed by atoms with Crippen LogP contribution in [-0.4, -0.2) is 117 Å². The van der Waals surface area contributed by atoms with Crippen LogP contribution in [0.15, 0.2) is 104 Å². The quantitative estimate of drug-likeness (QED) is 0.0555. The van der Waals surface area contributed by atoms with Crippen molar-refractivity contribution in [2.45, 2.75) is 129 Å². The van der Waals surface area contributed by atoms with Gasteiger partial charge in [-0.2, -0.15) is 0 Å². The summed E-state index contributed by atoms with van der Waals surface area (Å²) in [6, 6.07) is 20.9. The maximum atomic E-state index is 14.3. The van der Waals surface area contributed by atoms with Crippen molar-refractivity contribution in [1.29, 1.82) is 0 Å². The molecule has 24 heteroatoms. The largest absolute Gasteiger partial charge is 0.472 e. The predicted molar refractivity (Wildman–Crippen MR) is 272 cm³/mol. The standard InChI is InChI=1S/C47H66N5O15PS2Si/c1-10-48(11-2)46(69)70-29-35-38(40(59-6)42(65-35)49-24-22-36(53)51(44(49)55)30-61-26-32-18-14-12-15-19-32)66-68(57,58)63-28-34-39(67-71(8,9)47(3,4)5)41(60-7)43(64-34)50-25-23-37(54)52(45(50)56)31-62-27-33-20-16-13-17-21-33/h12-25,34-35,38-43H,10-11,26-31H2,1-9H3,(H,57,58)/t34-,35-,38-,39-,40-,41-,42-,43-/m1/s1. The van der Waals surface area contributed by atoms with Gasteiger partial charge in [0.15, 0.2) is 20.8 Å². The van der Waals surface area contributed by atoms with Crippen molar-refractivity contribution in [3.63, 3.8) is 0 Å². The highest BCUT2D eigenvalue weighted by Crippen LogP contribution is 2.50. The minimum Gasteiger partial charge on any atom is -0.408 e. The second-order valence-electron chi connectivity index (χ2n) is 18.4. The summed E-state index contributed by atoms with van der Waals surface area (Å²) in [6.07, 6.45) is -6.54. The van der Waals surface area contributed by atoms with Gasteiger partial charge in [-0.25, -0.2) is 23.3 Å². The lowest BCUT2D eigenvalue weighted by atomic mass is 10.1. The summed E-state index contributed by atoms with van der Waals surface area (Å²) >= 11 is 6.97. The van der Waals surface area contributed by atoms with Gasteiger partial charge >= 0.3 is 19.2 Å². The third kappa shape index (κ3) is 13.8. The number of benzene rings is 2. The molecule has 0 radical (unpaired) electrons. The number of phosphoric acid groups is 1. The molecule has 0 aliphatic carbocycles. The Labute approximate surface area is 423 Å². The van der Waals surface area contributed by atoms with E-state index in [9.17, 15) is 28.6 Å². The molecule has 2 aliphatic heterocycles. The van der Waals surface area contributed by atoms with Crippen LogP contribution in [0.25, 0.3) is 0 Å². The lowest BCUT2D eigenvalue weighted by Crippen LogP contribution is -2.50. The van der Waals surface area contributed by atoms with Gasteiger partial charge in [0.25, 0.3) is 11.1 Å². The highest BCUT2D eigenvalue weighted by molar-refractivity contribution is 8.22. The molecule has 0 saturated carbocycles. The Morgan fingerprint density at radius 1 is 0.746 bits per heavy atom. The molecule has 71 heavy (non-hydrogen) atoms. The van der Waals surface area contributed by atoms with Gasteiger partial charge in [-0.05, 0) is 43.1 Å². The van der Waals surface area contributed by atoms with Crippen LogP contribution >= 0.6 is 31.8 Å². The zero-order valence-corrected chi connectivity index (χ0v) is 45.0. The molecule has 2 aromatic heterocycles. The van der Waals surface area contributed by atoms with Crippen LogP contribution in [0.3, 0.4) is 0 Å². The maximum absolute atomic E-state index is 14.3. The molecule has 6 rings (SSSR count). The van der Waals surface area contributed by atoms with E-state index in [1.54, 1.807) is 0 Å². The van der Waals surface area contributed by atoms with Gasteiger partial charge in [-0.15, -0.1) is 0 Å². The van der Waals surface area contributed by atoms with E-state index >= 15 is 0 Å². The molecule has 2 aliphatic rings. The fraction of sp³-hybridized carbons (Fsp3) is 0.553. The fourth-order valence-electron chi connectivity index (χ4n) is 7.84. The molecular formula is C47H66N5O15PS2Si. The van der Waals surface area contributed by atoms with Gasteiger partial charge < -0.3 is 42.6 Å². The molecular weight excluding hydrogens is 998 g/mol. The molecule has 0 amide bonds. The fourth-order valence-corrected chi connectivity index (χ4v) is 11.6. The van der Waals surface area contributed by atoms with Gasteiger partial charge in [0.1, 0.15) is 48.3 Å². The average Bonchev–Trinajstić information content (AvgIpc) is 3.85. The number of aromatic nitrogens is 4. The predicted octanol–water partition coefficient (Wildman–Crippen LogP) is 5.46. The molecule has 1 unspecified atom stereocenters. The summed E-state index contributed by atoms with van der Waals surface area (Å²) in [5.41, 5.74) is -1.07. The van der Waals surface area contributed by atoms with Crippen LogP contribution in [0.5, 0.6) is 0 Å². The van der Waals surface area contributed by atoms with Gasteiger partial charge in [-0.1, -0.05) is 105 Å². The summed E-state index contributed by atoms with van der Waals surface area (Å²) in [6.45, 7) is 14.3. The minimum absolute atomic E-state index is 0.102. The number of methoxy groups -OCH3 is 2. The first-order valence-corrected chi connectivity index (χ1v) is 29.0. The van der Waals surface area contributed by atoms with Gasteiger partial charge in [0.2, 0.25) is 0 Å². The van der Waals surface area contributed by atoms with E-state index in [1.807, 2.05) is 113 Å². The smallest absolute Gasteiger partial charge is 0.408 e. The number of rotatable bonds is 23. The Kier molecular flexibility index (Phi) is 19.8. The first-order valence-electron chi connectivity index (χ1n) is 23.2. The summed E-state index contributed by atoms with van der Waals surface area (Å²) in [5, 5.41) is -0.316. The van der Waals surface area contributed by atoms with Gasteiger partial charge in [0, 0.05) is 57.6 Å². The van der Waals surface area contributed by atoms with Gasteiger partial charge in [0.05, 0.1) is 25.9 Å². The van der Waals surface area contributed by atoms with E-state index in [0.29, 0.717) is 17.4 Å². The average molecular weight is 1060 g/mol. The second kappa shape index (κ2) is 24.9. The summed E-state index contributed by atoms with van der Waals surface area (Å²) in [4.78, 5) is 67.7. The number of thiocarbonyl (C=S) groups is 1. The molecule has 4 aromatic rings. The highest BCUT2D eigenvalue weighted by Gasteiger charge is 2.54. The number of phosphoric ester groups is 1. The Morgan fingerprint density at radius 2 is 1.21 bits per heavy atom. The molecule has 2 saturated heterocycles. The SMILES string of the molecule is CCN(CC)C(=S)SC[C@H]1O[C@@H](n2ccc(=O)n(COCc3ccccc3)c2=O)[C@H](OC)[C@@H]1OP(=O)(O)OC[C@H]1O[C@@H](n2ccc(=O)n(COCc3ccccc3)c2=O)[C@H](OC)[C@@H]1O[Si](C)(C)C(C)(C)C. The van der Waals surface area contributed by atoms with Crippen LogP contribution < -0.4 is 22.5 Å². The van der Waals surface area contributed by atoms with Crippen molar-refractivity contribution < 1.29 is 51.4 Å². The number of ether oxygens (including phenoxy) is 6. The van der Waals surface area contributed by atoms with E-state index in [-0.39, 0.29) is 37.5 Å². The molecule has 9 atom stereocenters. The maximum Gasteiger partial charge on any atom is 0.472 e.